The molecule has 0 amide bonds. The van der Waals surface area contributed by atoms with E-state index in [1.807, 2.05) is 52.4 Å². The highest BCUT2D eigenvalue weighted by Crippen LogP contribution is 2.37. The molecule has 4 heterocycles. The summed E-state index contributed by atoms with van der Waals surface area (Å²) in [7, 11) is 0. The minimum Gasteiger partial charge on any atom is -0.389 e. The number of aliphatic hydroxyl groups excluding tert-OH is 2. The Balaban J connectivity index is 1.45. The van der Waals surface area contributed by atoms with Crippen LogP contribution in [0.1, 0.15) is 36.9 Å². The fraction of sp³-hybridized carbons (Fsp3) is 0.308. The summed E-state index contributed by atoms with van der Waals surface area (Å²) in [6.45, 7) is 2.96. The van der Waals surface area contributed by atoms with Gasteiger partial charge in [-0.25, -0.2) is 4.52 Å². The second-order valence-electron chi connectivity index (χ2n) is 8.90. The molecule has 36 heavy (non-hydrogen) atoms. The van der Waals surface area contributed by atoms with Crippen molar-refractivity contribution < 1.29 is 10.2 Å². The lowest BCUT2D eigenvalue weighted by molar-refractivity contribution is -0.0863. The van der Waals surface area contributed by atoms with Crippen molar-refractivity contribution in [1.29, 1.82) is 10.5 Å². The number of benzene rings is 1. The van der Waals surface area contributed by atoms with Crippen molar-refractivity contribution in [2.75, 3.05) is 13.1 Å². The standard InChI is InChI=1S/C26H25N7O2S/c1-17(34)26(35)31-8-6-22(7-9-31)32-16-21(14-29-32)19-10-24(25-20(12-28)13-30-33(25)15-19)36-23-5-3-2-4-18(23)11-27/h2-5,10,13-17,22,26,34-35H,6-9H2,1H3/t17-,26?/m0/s1. The molecule has 0 bridgehead atoms. The number of likely N-dealkylation sites (tertiary alicyclic amines) is 1. The van der Waals surface area contributed by atoms with E-state index in [1.165, 1.54) is 11.8 Å². The van der Waals surface area contributed by atoms with Crippen LogP contribution in [0.4, 0.5) is 0 Å². The van der Waals surface area contributed by atoms with Crippen LogP contribution in [0, 0.1) is 22.7 Å². The number of hydrogen-bond donors (Lipinski definition) is 2. The summed E-state index contributed by atoms with van der Waals surface area (Å²) < 4.78 is 3.67. The third-order valence-electron chi connectivity index (χ3n) is 6.54. The Morgan fingerprint density at radius 3 is 2.44 bits per heavy atom. The number of fused-ring (bicyclic) bond motifs is 1. The topological polar surface area (TPSA) is 126 Å². The van der Waals surface area contributed by atoms with Crippen LogP contribution in [0.15, 0.2) is 64.9 Å². The van der Waals surface area contributed by atoms with Crippen LogP contribution in [0.25, 0.3) is 16.6 Å². The molecule has 0 radical (unpaired) electrons. The first-order valence-electron chi connectivity index (χ1n) is 11.7. The van der Waals surface area contributed by atoms with E-state index in [-0.39, 0.29) is 6.04 Å². The molecule has 0 saturated carbocycles. The molecule has 0 spiro atoms. The maximum absolute atomic E-state index is 10.1. The summed E-state index contributed by atoms with van der Waals surface area (Å²) >= 11 is 1.44. The van der Waals surface area contributed by atoms with Gasteiger partial charge < -0.3 is 10.2 Å². The number of hydrogen-bond acceptors (Lipinski definition) is 8. The molecule has 2 atom stereocenters. The summed E-state index contributed by atoms with van der Waals surface area (Å²) in [6, 6.07) is 14.1. The van der Waals surface area contributed by atoms with Crippen LogP contribution in [-0.4, -0.2) is 59.9 Å². The molecule has 1 saturated heterocycles. The molecule has 3 aromatic heterocycles. The number of rotatable bonds is 6. The maximum Gasteiger partial charge on any atom is 0.133 e. The normalized spacial score (nSPS) is 16.5. The summed E-state index contributed by atoms with van der Waals surface area (Å²) in [5, 5.41) is 48.0. The molecule has 1 unspecified atom stereocenters. The van der Waals surface area contributed by atoms with Crippen molar-refractivity contribution in [2.24, 2.45) is 0 Å². The quantitative estimate of drug-likeness (QED) is 0.413. The first-order valence-corrected chi connectivity index (χ1v) is 12.5. The second kappa shape index (κ2) is 10.1. The summed E-state index contributed by atoms with van der Waals surface area (Å²) in [5.41, 5.74) is 3.58. The second-order valence-corrected chi connectivity index (χ2v) is 9.98. The van der Waals surface area contributed by atoms with Gasteiger partial charge in [-0.15, -0.1) is 0 Å². The molecule has 1 aliphatic rings. The van der Waals surface area contributed by atoms with Gasteiger partial charge in [0.2, 0.25) is 0 Å². The highest BCUT2D eigenvalue weighted by Gasteiger charge is 2.27. The van der Waals surface area contributed by atoms with Gasteiger partial charge in [0.25, 0.3) is 0 Å². The van der Waals surface area contributed by atoms with Crippen molar-refractivity contribution in [3.05, 3.63) is 66.2 Å². The van der Waals surface area contributed by atoms with Crippen LogP contribution in [0.3, 0.4) is 0 Å². The van der Waals surface area contributed by atoms with Crippen molar-refractivity contribution in [1.82, 2.24) is 24.3 Å². The van der Waals surface area contributed by atoms with Gasteiger partial charge in [0, 0.05) is 46.4 Å². The van der Waals surface area contributed by atoms with E-state index in [0.717, 1.165) is 33.8 Å². The van der Waals surface area contributed by atoms with E-state index < -0.39 is 12.3 Å². The van der Waals surface area contributed by atoms with E-state index >= 15 is 0 Å². The molecule has 1 fully saturated rings. The van der Waals surface area contributed by atoms with E-state index in [4.69, 9.17) is 0 Å². The zero-order valence-electron chi connectivity index (χ0n) is 19.7. The van der Waals surface area contributed by atoms with E-state index in [0.29, 0.717) is 29.7 Å². The monoisotopic (exact) mass is 499 g/mol. The smallest absolute Gasteiger partial charge is 0.133 e. The number of nitrogens with zero attached hydrogens (tertiary/aromatic N) is 7. The van der Waals surface area contributed by atoms with Crippen LogP contribution < -0.4 is 0 Å². The number of nitriles is 2. The van der Waals surface area contributed by atoms with Gasteiger partial charge in [-0.05, 0) is 38.0 Å². The zero-order chi connectivity index (χ0) is 25.2. The highest BCUT2D eigenvalue weighted by atomic mass is 32.2. The van der Waals surface area contributed by atoms with Gasteiger partial charge >= 0.3 is 0 Å². The van der Waals surface area contributed by atoms with Crippen LogP contribution in [-0.2, 0) is 0 Å². The summed E-state index contributed by atoms with van der Waals surface area (Å²) in [4.78, 5) is 3.54. The summed E-state index contributed by atoms with van der Waals surface area (Å²) in [5.74, 6) is 0. The van der Waals surface area contributed by atoms with Gasteiger partial charge in [0.05, 0.1) is 41.2 Å². The van der Waals surface area contributed by atoms with Gasteiger partial charge in [-0.1, -0.05) is 23.9 Å². The van der Waals surface area contributed by atoms with Gasteiger partial charge in [0.1, 0.15) is 18.4 Å². The molecule has 182 valence electrons. The Morgan fingerprint density at radius 2 is 1.72 bits per heavy atom. The fourth-order valence-electron chi connectivity index (χ4n) is 4.58. The molecule has 1 aromatic carbocycles. The van der Waals surface area contributed by atoms with Crippen LogP contribution in [0.5, 0.6) is 0 Å². The lowest BCUT2D eigenvalue weighted by Gasteiger charge is -2.36. The van der Waals surface area contributed by atoms with Crippen LogP contribution >= 0.6 is 11.8 Å². The molecule has 5 rings (SSSR count). The predicted molar refractivity (Wildman–Crippen MR) is 134 cm³/mol. The Bertz CT molecular complexity index is 1470. The number of pyridine rings is 1. The SMILES string of the molecule is C[C@H](O)C(O)N1CCC(n2cc(-c3cc(Sc4ccccc4C#N)c4c(C#N)cnn4c3)cn2)CC1. The average Bonchev–Trinajstić information content (AvgIpc) is 3.56. The Kier molecular flexibility index (Phi) is 6.77. The first kappa shape index (κ1) is 24.0. The molecule has 1 aliphatic heterocycles. The number of piperidine rings is 1. The predicted octanol–water partition coefficient (Wildman–Crippen LogP) is 3.43. The van der Waals surface area contributed by atoms with Crippen molar-refractivity contribution in [3.63, 3.8) is 0 Å². The molecular weight excluding hydrogens is 474 g/mol. The minimum absolute atomic E-state index is 0.200. The van der Waals surface area contributed by atoms with Gasteiger partial charge in [-0.2, -0.15) is 20.7 Å². The lowest BCUT2D eigenvalue weighted by atomic mass is 10.0. The third-order valence-corrected chi connectivity index (χ3v) is 7.65. The first-order chi connectivity index (χ1) is 17.5. The lowest BCUT2D eigenvalue weighted by Crippen LogP contribution is -2.46. The highest BCUT2D eigenvalue weighted by molar-refractivity contribution is 7.99. The van der Waals surface area contributed by atoms with Gasteiger partial charge in [0.15, 0.2) is 0 Å². The van der Waals surface area contributed by atoms with E-state index in [1.54, 1.807) is 23.7 Å². The van der Waals surface area contributed by atoms with Crippen molar-refractivity contribution >= 4 is 17.3 Å². The summed E-state index contributed by atoms with van der Waals surface area (Å²) in [6.07, 6.45) is 7.28. The van der Waals surface area contributed by atoms with Crippen molar-refractivity contribution in [3.8, 4) is 23.3 Å². The number of aromatic nitrogens is 4. The number of aliphatic hydroxyl groups is 2. The fourth-order valence-corrected chi connectivity index (χ4v) is 5.67. The molecule has 2 N–H and O–H groups in total. The van der Waals surface area contributed by atoms with Crippen molar-refractivity contribution in [2.45, 2.75) is 47.9 Å². The average molecular weight is 500 g/mol. The van der Waals surface area contributed by atoms with E-state index in [2.05, 4.69) is 22.3 Å². The molecule has 4 aromatic rings. The zero-order valence-corrected chi connectivity index (χ0v) is 20.5. The Morgan fingerprint density at radius 1 is 0.972 bits per heavy atom. The molecule has 9 nitrogen and oxygen atoms in total. The Labute approximate surface area is 212 Å². The maximum atomic E-state index is 10.1. The van der Waals surface area contributed by atoms with E-state index in [9.17, 15) is 20.7 Å². The minimum atomic E-state index is -0.847. The molecule has 10 heteroatoms. The molecular formula is C26H25N7O2S. The van der Waals surface area contributed by atoms with Crippen LogP contribution in [0.2, 0.25) is 0 Å². The largest absolute Gasteiger partial charge is 0.389 e. The Hall–Kier alpha value is -3.67. The van der Waals surface area contributed by atoms with Gasteiger partial charge in [-0.3, -0.25) is 9.58 Å². The molecule has 0 aliphatic carbocycles. The third kappa shape index (κ3) is 4.60.